The number of halogens is 3. The van der Waals surface area contributed by atoms with Crippen LogP contribution in [-0.4, -0.2) is 54.5 Å². The van der Waals surface area contributed by atoms with Crippen molar-refractivity contribution in [2.75, 3.05) is 11.9 Å². The molecule has 3 heterocycles. The molecule has 2 aromatic heterocycles. The Morgan fingerprint density at radius 2 is 2.00 bits per heavy atom. The van der Waals surface area contributed by atoms with Gasteiger partial charge in [0.2, 0.25) is 5.95 Å². The number of aryl methyl sites for hydroxylation is 1. The summed E-state index contributed by atoms with van der Waals surface area (Å²) in [5.74, 6) is -2.89. The van der Waals surface area contributed by atoms with E-state index in [0.29, 0.717) is 21.1 Å². The largest absolute Gasteiger partial charge is 0.474 e. The first-order valence-electron chi connectivity index (χ1n) is 10.4. The highest BCUT2D eigenvalue weighted by molar-refractivity contribution is 7.15. The summed E-state index contributed by atoms with van der Waals surface area (Å²) >= 11 is 1.18. The fourth-order valence-corrected chi connectivity index (χ4v) is 5.05. The zero-order valence-electron chi connectivity index (χ0n) is 18.5. The summed E-state index contributed by atoms with van der Waals surface area (Å²) in [5.41, 5.74) is -0.621. The lowest BCUT2D eigenvalue weighted by molar-refractivity contribution is -0.157. The number of thiazole rings is 1. The molecule has 2 atom stereocenters. The Morgan fingerprint density at radius 3 is 2.69 bits per heavy atom. The monoisotopic (exact) mass is 507 g/mol. The van der Waals surface area contributed by atoms with E-state index in [4.69, 9.17) is 5.11 Å². The standard InChI is InChI=1S/C22H20F3N5O4S/c1-11-7-13(9-14(8-11)28-20-26-5-3-16(29-20)22(23,24)25)15-10-27-19(35-15)21(34)4-6-30(12(21)2)17(31)18(32)33/h3,5,7-10,12,34H,4,6H2,1-2H3,(H,32,33)(H,26,28,29). The molecule has 13 heteroatoms. The molecule has 1 aromatic carbocycles. The van der Waals surface area contributed by atoms with Gasteiger partial charge < -0.3 is 20.4 Å². The topological polar surface area (TPSA) is 129 Å². The molecule has 3 N–H and O–H groups in total. The van der Waals surface area contributed by atoms with Crippen LogP contribution in [0.1, 0.15) is 29.6 Å². The molecule has 1 amide bonds. The summed E-state index contributed by atoms with van der Waals surface area (Å²) in [6.45, 7) is 3.46. The summed E-state index contributed by atoms with van der Waals surface area (Å²) in [6, 6.07) is 5.24. The molecule has 1 fully saturated rings. The zero-order chi connectivity index (χ0) is 25.5. The summed E-state index contributed by atoms with van der Waals surface area (Å²) in [4.78, 5) is 36.5. The van der Waals surface area contributed by atoms with Gasteiger partial charge in [-0.05, 0) is 43.2 Å². The molecule has 9 nitrogen and oxygen atoms in total. The van der Waals surface area contributed by atoms with Crippen molar-refractivity contribution in [1.29, 1.82) is 0 Å². The molecular weight excluding hydrogens is 487 g/mol. The minimum Gasteiger partial charge on any atom is -0.474 e. The van der Waals surface area contributed by atoms with Crippen LogP contribution in [0.5, 0.6) is 0 Å². The Hall–Kier alpha value is -3.58. The van der Waals surface area contributed by atoms with Crippen LogP contribution in [0.15, 0.2) is 36.7 Å². The molecular formula is C22H20F3N5O4S. The summed E-state index contributed by atoms with van der Waals surface area (Å²) in [6.07, 6.45) is -1.90. The van der Waals surface area contributed by atoms with E-state index in [1.165, 1.54) is 11.3 Å². The quantitative estimate of drug-likeness (QED) is 0.458. The zero-order valence-corrected chi connectivity index (χ0v) is 19.3. The van der Waals surface area contributed by atoms with Gasteiger partial charge in [0.1, 0.15) is 16.3 Å². The van der Waals surface area contributed by atoms with Crippen molar-refractivity contribution in [3.05, 3.63) is 52.9 Å². The first kappa shape index (κ1) is 24.5. The highest BCUT2D eigenvalue weighted by Crippen LogP contribution is 2.42. The number of amides is 1. The molecule has 0 bridgehead atoms. The van der Waals surface area contributed by atoms with Gasteiger partial charge in [0.25, 0.3) is 0 Å². The predicted octanol–water partition coefficient (Wildman–Crippen LogP) is 3.56. The average molecular weight is 507 g/mol. The maximum absolute atomic E-state index is 13.0. The number of hydrogen-bond donors (Lipinski definition) is 3. The minimum atomic E-state index is -4.60. The Bertz CT molecular complexity index is 1300. The van der Waals surface area contributed by atoms with Gasteiger partial charge in [0.05, 0.1) is 10.9 Å². The highest BCUT2D eigenvalue weighted by atomic mass is 32.1. The second-order valence-corrected chi connectivity index (χ2v) is 9.19. The number of hydrogen-bond acceptors (Lipinski definition) is 8. The average Bonchev–Trinajstić information content (AvgIpc) is 3.39. The van der Waals surface area contributed by atoms with Crippen molar-refractivity contribution in [1.82, 2.24) is 19.9 Å². The van der Waals surface area contributed by atoms with Gasteiger partial charge >= 0.3 is 18.1 Å². The minimum absolute atomic E-state index is 0.0766. The number of aliphatic hydroxyl groups is 1. The van der Waals surface area contributed by atoms with Crippen LogP contribution in [0.25, 0.3) is 10.4 Å². The van der Waals surface area contributed by atoms with Crippen molar-refractivity contribution >= 4 is 34.8 Å². The Kier molecular flexibility index (Phi) is 6.23. The number of nitrogens with zero attached hydrogens (tertiary/aromatic N) is 4. The van der Waals surface area contributed by atoms with Gasteiger partial charge in [-0.1, -0.05) is 6.07 Å². The maximum Gasteiger partial charge on any atom is 0.433 e. The van der Waals surface area contributed by atoms with E-state index in [1.54, 1.807) is 25.3 Å². The summed E-state index contributed by atoms with van der Waals surface area (Å²) < 4.78 is 38.9. The van der Waals surface area contributed by atoms with Gasteiger partial charge in [-0.25, -0.2) is 19.7 Å². The van der Waals surface area contributed by atoms with Crippen LogP contribution in [0.4, 0.5) is 24.8 Å². The number of aromatic nitrogens is 3. The molecule has 0 saturated carbocycles. The molecule has 2 unspecified atom stereocenters. The first-order valence-corrected chi connectivity index (χ1v) is 11.2. The number of benzene rings is 1. The SMILES string of the molecule is Cc1cc(Nc2nccc(C(F)(F)F)n2)cc(-c2cnc(C3(O)CCN(C(=O)C(=O)O)C3C)s2)c1. The van der Waals surface area contributed by atoms with E-state index in [2.05, 4.69) is 20.3 Å². The third kappa shape index (κ3) is 4.82. The second-order valence-electron chi connectivity index (χ2n) is 8.16. The molecule has 1 aliphatic rings. The van der Waals surface area contributed by atoms with Gasteiger partial charge in [-0.2, -0.15) is 13.2 Å². The molecule has 3 aromatic rings. The number of carboxylic acids is 1. The third-order valence-electron chi connectivity index (χ3n) is 5.78. The van der Waals surface area contributed by atoms with Crippen molar-refractivity contribution in [2.45, 2.75) is 38.1 Å². The maximum atomic E-state index is 13.0. The fraction of sp³-hybridized carbons (Fsp3) is 0.318. The predicted molar refractivity (Wildman–Crippen MR) is 120 cm³/mol. The molecule has 184 valence electrons. The fourth-order valence-electron chi connectivity index (χ4n) is 3.95. The number of carbonyl (C=O) groups excluding carboxylic acids is 1. The van der Waals surface area contributed by atoms with Crippen molar-refractivity contribution in [3.8, 4) is 10.4 Å². The molecule has 4 rings (SSSR count). The van der Waals surface area contributed by atoms with E-state index in [-0.39, 0.29) is 18.9 Å². The lowest BCUT2D eigenvalue weighted by Crippen LogP contribution is -2.45. The summed E-state index contributed by atoms with van der Waals surface area (Å²) in [5, 5.41) is 23.4. The van der Waals surface area contributed by atoms with E-state index in [0.717, 1.165) is 22.7 Å². The van der Waals surface area contributed by atoms with E-state index in [1.807, 2.05) is 13.0 Å². The van der Waals surface area contributed by atoms with Crippen LogP contribution in [0.3, 0.4) is 0 Å². The third-order valence-corrected chi connectivity index (χ3v) is 6.99. The lowest BCUT2D eigenvalue weighted by atomic mass is 9.97. The Balaban J connectivity index is 1.60. The Morgan fingerprint density at radius 1 is 1.26 bits per heavy atom. The second kappa shape index (κ2) is 8.89. The van der Waals surface area contributed by atoms with Gasteiger partial charge in [-0.3, -0.25) is 4.79 Å². The summed E-state index contributed by atoms with van der Waals surface area (Å²) in [7, 11) is 0. The number of carboxylic acid groups (broad SMARTS) is 1. The van der Waals surface area contributed by atoms with E-state index >= 15 is 0 Å². The number of anilines is 2. The van der Waals surface area contributed by atoms with Crippen LogP contribution in [0, 0.1) is 6.92 Å². The van der Waals surface area contributed by atoms with Crippen molar-refractivity contribution < 1.29 is 33.0 Å². The molecule has 1 aliphatic heterocycles. The molecule has 0 spiro atoms. The first-order chi connectivity index (χ1) is 16.4. The Labute approximate surface area is 201 Å². The van der Waals surface area contributed by atoms with Crippen LogP contribution in [0.2, 0.25) is 0 Å². The van der Waals surface area contributed by atoms with Gasteiger partial charge in [-0.15, -0.1) is 11.3 Å². The van der Waals surface area contributed by atoms with Crippen molar-refractivity contribution in [3.63, 3.8) is 0 Å². The van der Waals surface area contributed by atoms with Crippen LogP contribution < -0.4 is 5.32 Å². The van der Waals surface area contributed by atoms with Crippen LogP contribution in [-0.2, 0) is 21.4 Å². The molecule has 35 heavy (non-hydrogen) atoms. The number of aliphatic carboxylic acids is 1. The molecule has 1 saturated heterocycles. The smallest absolute Gasteiger partial charge is 0.433 e. The molecule has 0 radical (unpaired) electrons. The van der Waals surface area contributed by atoms with E-state index in [9.17, 15) is 27.9 Å². The number of carbonyl (C=O) groups is 2. The molecule has 0 aliphatic carbocycles. The lowest BCUT2D eigenvalue weighted by Gasteiger charge is -2.28. The van der Waals surface area contributed by atoms with Gasteiger partial charge in [0, 0.05) is 31.0 Å². The normalized spacial score (nSPS) is 20.2. The number of nitrogens with one attached hydrogen (secondary N) is 1. The van der Waals surface area contributed by atoms with Crippen LogP contribution >= 0.6 is 11.3 Å². The van der Waals surface area contributed by atoms with Gasteiger partial charge in [0.15, 0.2) is 0 Å². The number of likely N-dealkylation sites (tertiary alicyclic amines) is 1. The van der Waals surface area contributed by atoms with E-state index < -0.39 is 35.4 Å². The number of alkyl halides is 3. The number of rotatable bonds is 4. The highest BCUT2D eigenvalue weighted by Gasteiger charge is 2.49. The van der Waals surface area contributed by atoms with Crippen molar-refractivity contribution in [2.24, 2.45) is 0 Å².